The van der Waals surface area contributed by atoms with Crippen molar-refractivity contribution in [2.45, 2.75) is 19.6 Å². The van der Waals surface area contributed by atoms with E-state index >= 15 is 0 Å². The summed E-state index contributed by atoms with van der Waals surface area (Å²) in [6.07, 6.45) is -2.40. The Labute approximate surface area is 156 Å². The van der Waals surface area contributed by atoms with Crippen molar-refractivity contribution >= 4 is 27.0 Å². The van der Waals surface area contributed by atoms with Crippen molar-refractivity contribution in [3.8, 4) is 10.8 Å². The molecule has 3 aromatic rings. The average molecular weight is 418 g/mol. The van der Waals surface area contributed by atoms with E-state index in [4.69, 9.17) is 0 Å². The summed E-state index contributed by atoms with van der Waals surface area (Å²) in [5.41, 5.74) is 1.35. The first kappa shape index (κ1) is 19.3. The highest BCUT2D eigenvalue weighted by Crippen LogP contribution is 2.33. The predicted molar refractivity (Wildman–Crippen MR) is 92.6 cm³/mol. The summed E-state index contributed by atoms with van der Waals surface area (Å²) in [6.45, 7) is 1.76. The van der Waals surface area contributed by atoms with Crippen LogP contribution in [0.3, 0.4) is 0 Å². The van der Waals surface area contributed by atoms with Crippen LogP contribution < -0.4 is 4.31 Å². The van der Waals surface area contributed by atoms with E-state index in [9.17, 15) is 21.6 Å². The number of alkyl halides is 3. The standard InChI is InChI=1S/C15H13F3N4O3S2/c1-9-4-3-5-10(6-9)22(27(2,23)24)8-12-19-7-11(26-12)13-20-21-14(25-13)15(16,17)18/h3-7H,8H2,1-2H3. The van der Waals surface area contributed by atoms with Gasteiger partial charge in [0.2, 0.25) is 10.0 Å². The van der Waals surface area contributed by atoms with Crippen LogP contribution in [0, 0.1) is 6.92 Å². The third kappa shape index (κ3) is 4.45. The number of thiazole rings is 1. The third-order valence-corrected chi connectivity index (χ3v) is 5.51. The highest BCUT2D eigenvalue weighted by Gasteiger charge is 2.38. The molecule has 0 fully saturated rings. The number of nitrogens with zero attached hydrogens (tertiary/aromatic N) is 4. The van der Waals surface area contributed by atoms with Gasteiger partial charge in [0.1, 0.15) is 9.88 Å². The number of sulfonamides is 1. The Bertz CT molecular complexity index is 1060. The molecule has 0 bridgehead atoms. The van der Waals surface area contributed by atoms with Gasteiger partial charge in [-0.15, -0.1) is 21.5 Å². The first-order valence-corrected chi connectivity index (χ1v) is 10.1. The largest absolute Gasteiger partial charge is 0.470 e. The molecule has 0 aliphatic carbocycles. The molecule has 0 aliphatic rings. The van der Waals surface area contributed by atoms with Crippen molar-refractivity contribution in [2.24, 2.45) is 0 Å². The summed E-state index contributed by atoms with van der Waals surface area (Å²) < 4.78 is 67.8. The zero-order valence-electron chi connectivity index (χ0n) is 14.1. The number of aryl methyl sites for hydroxylation is 1. The first-order chi connectivity index (χ1) is 12.5. The van der Waals surface area contributed by atoms with Crippen LogP contribution in [0.1, 0.15) is 16.5 Å². The maximum atomic E-state index is 12.6. The van der Waals surface area contributed by atoms with Crippen LogP contribution in [-0.4, -0.2) is 29.9 Å². The molecule has 0 amide bonds. The molecule has 2 heterocycles. The molecule has 0 N–H and O–H groups in total. The van der Waals surface area contributed by atoms with Crippen molar-refractivity contribution < 1.29 is 26.0 Å². The molecule has 144 valence electrons. The molecule has 0 aliphatic heterocycles. The molecule has 0 saturated carbocycles. The van der Waals surface area contributed by atoms with E-state index in [1.54, 1.807) is 18.2 Å². The maximum Gasteiger partial charge on any atom is 0.470 e. The van der Waals surface area contributed by atoms with Crippen LogP contribution in [0.4, 0.5) is 18.9 Å². The number of anilines is 1. The van der Waals surface area contributed by atoms with Gasteiger partial charge in [0.25, 0.3) is 5.89 Å². The highest BCUT2D eigenvalue weighted by molar-refractivity contribution is 7.92. The Kier molecular flexibility index (Phi) is 4.95. The fourth-order valence-corrected chi connectivity index (χ4v) is 3.99. The molecule has 12 heteroatoms. The van der Waals surface area contributed by atoms with Gasteiger partial charge < -0.3 is 4.42 Å². The third-order valence-electron chi connectivity index (χ3n) is 3.40. The van der Waals surface area contributed by atoms with Crippen molar-refractivity contribution in [1.82, 2.24) is 15.2 Å². The van der Waals surface area contributed by atoms with E-state index < -0.39 is 22.1 Å². The van der Waals surface area contributed by atoms with Gasteiger partial charge in [-0.05, 0) is 24.6 Å². The van der Waals surface area contributed by atoms with Gasteiger partial charge in [-0.3, -0.25) is 4.31 Å². The van der Waals surface area contributed by atoms with Crippen LogP contribution in [-0.2, 0) is 22.7 Å². The quantitative estimate of drug-likeness (QED) is 0.630. The summed E-state index contributed by atoms with van der Waals surface area (Å²) in [6, 6.07) is 6.92. The smallest absolute Gasteiger partial charge is 0.412 e. The van der Waals surface area contributed by atoms with Gasteiger partial charge in [0, 0.05) is 0 Å². The molecule has 7 nitrogen and oxygen atoms in total. The molecule has 27 heavy (non-hydrogen) atoms. The van der Waals surface area contributed by atoms with Gasteiger partial charge in [-0.25, -0.2) is 13.4 Å². The summed E-state index contributed by atoms with van der Waals surface area (Å²) in [4.78, 5) is 4.28. The van der Waals surface area contributed by atoms with Gasteiger partial charge in [-0.1, -0.05) is 12.1 Å². The Hall–Kier alpha value is -2.47. The fourth-order valence-electron chi connectivity index (χ4n) is 2.23. The highest BCUT2D eigenvalue weighted by atomic mass is 32.2. The summed E-state index contributed by atoms with van der Waals surface area (Å²) in [5, 5.41) is 6.69. The van der Waals surface area contributed by atoms with Gasteiger partial charge in [0.05, 0.1) is 24.7 Å². The minimum absolute atomic E-state index is 0.0762. The summed E-state index contributed by atoms with van der Waals surface area (Å²) in [5.74, 6) is -1.78. The molecule has 0 atom stereocenters. The Balaban J connectivity index is 1.88. The van der Waals surface area contributed by atoms with Crippen molar-refractivity contribution in [1.29, 1.82) is 0 Å². The molecule has 2 aromatic heterocycles. The minimum Gasteiger partial charge on any atom is -0.412 e. The van der Waals surface area contributed by atoms with Crippen LogP contribution in [0.2, 0.25) is 0 Å². The van der Waals surface area contributed by atoms with Crippen molar-refractivity contribution in [3.63, 3.8) is 0 Å². The van der Waals surface area contributed by atoms with Crippen LogP contribution in [0.15, 0.2) is 34.9 Å². The number of rotatable bonds is 5. The van der Waals surface area contributed by atoms with Gasteiger partial charge in [0.15, 0.2) is 0 Å². The normalized spacial score (nSPS) is 12.3. The molecular weight excluding hydrogens is 405 g/mol. The number of aromatic nitrogens is 3. The predicted octanol–water partition coefficient (Wildman–Crippen LogP) is 3.49. The van der Waals surface area contributed by atoms with E-state index in [0.29, 0.717) is 10.7 Å². The number of hydrogen-bond acceptors (Lipinski definition) is 7. The Morgan fingerprint density at radius 1 is 1.26 bits per heavy atom. The lowest BCUT2D eigenvalue weighted by molar-refractivity contribution is -0.156. The number of benzene rings is 1. The lowest BCUT2D eigenvalue weighted by Crippen LogP contribution is -2.29. The molecule has 0 saturated heterocycles. The first-order valence-electron chi connectivity index (χ1n) is 7.44. The zero-order valence-corrected chi connectivity index (χ0v) is 15.7. The fraction of sp³-hybridized carbons (Fsp3) is 0.267. The second-order valence-corrected chi connectivity index (χ2v) is 8.66. The second kappa shape index (κ2) is 6.93. The number of halogens is 3. The average Bonchev–Trinajstić information content (AvgIpc) is 3.20. The van der Waals surface area contributed by atoms with E-state index in [1.807, 2.05) is 13.0 Å². The lowest BCUT2D eigenvalue weighted by atomic mass is 10.2. The van der Waals surface area contributed by atoms with E-state index in [-0.39, 0.29) is 17.3 Å². The van der Waals surface area contributed by atoms with Gasteiger partial charge in [-0.2, -0.15) is 13.2 Å². The Morgan fingerprint density at radius 2 is 2.00 bits per heavy atom. The van der Waals surface area contributed by atoms with Crippen molar-refractivity contribution in [3.05, 3.63) is 46.9 Å². The monoisotopic (exact) mass is 418 g/mol. The molecule has 0 radical (unpaired) electrons. The van der Waals surface area contributed by atoms with E-state index in [0.717, 1.165) is 27.5 Å². The second-order valence-electron chi connectivity index (χ2n) is 5.64. The molecule has 0 unspecified atom stereocenters. The molecule has 3 rings (SSSR count). The maximum absolute atomic E-state index is 12.6. The van der Waals surface area contributed by atoms with Crippen LogP contribution in [0.25, 0.3) is 10.8 Å². The summed E-state index contributed by atoms with van der Waals surface area (Å²) >= 11 is 0.972. The Morgan fingerprint density at radius 3 is 2.59 bits per heavy atom. The summed E-state index contributed by atoms with van der Waals surface area (Å²) in [7, 11) is -3.60. The molecular formula is C15H13F3N4O3S2. The topological polar surface area (TPSA) is 89.2 Å². The lowest BCUT2D eigenvalue weighted by Gasteiger charge is -2.21. The van der Waals surface area contributed by atoms with Crippen molar-refractivity contribution in [2.75, 3.05) is 10.6 Å². The zero-order chi connectivity index (χ0) is 19.8. The van der Waals surface area contributed by atoms with E-state index in [2.05, 4.69) is 19.6 Å². The molecule has 1 aromatic carbocycles. The molecule has 0 spiro atoms. The SMILES string of the molecule is Cc1cccc(N(Cc2ncc(-c3nnc(C(F)(F)F)o3)s2)S(C)(=O)=O)c1. The van der Waals surface area contributed by atoms with Gasteiger partial charge >= 0.3 is 12.1 Å². The van der Waals surface area contributed by atoms with Crippen LogP contribution in [0.5, 0.6) is 0 Å². The van der Waals surface area contributed by atoms with Crippen LogP contribution >= 0.6 is 11.3 Å². The van der Waals surface area contributed by atoms with E-state index in [1.165, 1.54) is 6.20 Å². The minimum atomic E-state index is -4.74. The number of hydrogen-bond donors (Lipinski definition) is 0.